The number of nitrogens with zero attached hydrogens (tertiary/aromatic N) is 4. The first-order valence-electron chi connectivity index (χ1n) is 10.9. The second kappa shape index (κ2) is 9.18. The van der Waals surface area contributed by atoms with Gasteiger partial charge in [-0.3, -0.25) is 9.59 Å². The van der Waals surface area contributed by atoms with Crippen LogP contribution in [0, 0.1) is 12.7 Å². The van der Waals surface area contributed by atoms with E-state index in [1.807, 2.05) is 18.4 Å². The molecule has 2 aromatic heterocycles. The van der Waals surface area contributed by atoms with Gasteiger partial charge in [0, 0.05) is 37.4 Å². The number of piperazine rings is 1. The molecular weight excluding hydrogens is 453 g/mol. The van der Waals surface area contributed by atoms with Crippen LogP contribution in [-0.4, -0.2) is 52.9 Å². The molecule has 0 atom stereocenters. The Balaban J connectivity index is 1.28. The van der Waals surface area contributed by atoms with Crippen LogP contribution in [0.25, 0.3) is 10.2 Å². The first-order chi connectivity index (χ1) is 16.5. The number of hydrogen-bond acceptors (Lipinski definition) is 6. The Morgan fingerprint density at radius 3 is 2.62 bits per heavy atom. The molecule has 9 heteroatoms. The fourth-order valence-electron chi connectivity index (χ4n) is 4.06. The zero-order valence-corrected chi connectivity index (χ0v) is 19.3. The van der Waals surface area contributed by atoms with Crippen LogP contribution in [-0.2, 0) is 0 Å². The molecule has 5 rings (SSSR count). The van der Waals surface area contributed by atoms with Gasteiger partial charge < -0.3 is 15.1 Å². The number of carbonyl (C=O) groups is 2. The van der Waals surface area contributed by atoms with E-state index in [2.05, 4.69) is 20.2 Å². The monoisotopic (exact) mass is 475 g/mol. The van der Waals surface area contributed by atoms with Crippen LogP contribution in [0.4, 0.5) is 15.9 Å². The number of amides is 2. The second-order valence-electron chi connectivity index (χ2n) is 8.08. The van der Waals surface area contributed by atoms with Crippen molar-refractivity contribution in [2.75, 3.05) is 36.4 Å². The smallest absolute Gasteiger partial charge is 0.258 e. The molecule has 0 bridgehead atoms. The van der Waals surface area contributed by atoms with E-state index >= 15 is 0 Å². The van der Waals surface area contributed by atoms with E-state index in [4.69, 9.17) is 0 Å². The number of hydrogen-bond donors (Lipinski definition) is 1. The van der Waals surface area contributed by atoms with Gasteiger partial charge in [0.15, 0.2) is 0 Å². The molecule has 1 aliphatic rings. The highest BCUT2D eigenvalue weighted by molar-refractivity contribution is 7.16. The van der Waals surface area contributed by atoms with Gasteiger partial charge in [0.25, 0.3) is 11.8 Å². The third-order valence-corrected chi connectivity index (χ3v) is 6.78. The van der Waals surface area contributed by atoms with Crippen molar-refractivity contribution >= 4 is 44.9 Å². The molecule has 3 heterocycles. The minimum absolute atomic E-state index is 0.0424. The molecule has 2 aromatic carbocycles. The Morgan fingerprint density at radius 1 is 1.03 bits per heavy atom. The summed E-state index contributed by atoms with van der Waals surface area (Å²) >= 11 is 1.58. The van der Waals surface area contributed by atoms with E-state index in [9.17, 15) is 14.0 Å². The first kappa shape index (κ1) is 22.0. The lowest BCUT2D eigenvalue weighted by Gasteiger charge is -2.35. The number of aryl methyl sites for hydroxylation is 1. The van der Waals surface area contributed by atoms with Crippen molar-refractivity contribution in [2.45, 2.75) is 6.92 Å². The van der Waals surface area contributed by atoms with Crippen LogP contribution in [0.3, 0.4) is 0 Å². The van der Waals surface area contributed by atoms with Gasteiger partial charge in [-0.2, -0.15) is 0 Å². The molecule has 34 heavy (non-hydrogen) atoms. The fraction of sp³-hybridized carbons (Fsp3) is 0.200. The van der Waals surface area contributed by atoms with Crippen molar-refractivity contribution in [3.05, 3.63) is 82.7 Å². The fourth-order valence-corrected chi connectivity index (χ4v) is 4.78. The van der Waals surface area contributed by atoms with Crippen molar-refractivity contribution < 1.29 is 14.0 Å². The number of benzene rings is 2. The van der Waals surface area contributed by atoms with Crippen LogP contribution < -0.4 is 10.2 Å². The predicted octanol–water partition coefficient (Wildman–Crippen LogP) is 4.35. The van der Waals surface area contributed by atoms with Gasteiger partial charge in [0.1, 0.15) is 22.8 Å². The standard InChI is InChI=1S/C25H22FN5O2S/c1-16-6-7-17(14-21(16)29-23(32)18-4-2-3-5-20(18)26)25(33)31-11-9-30(10-12-31)22-19-8-13-34-24(19)28-15-27-22/h2-8,13-15H,9-12H2,1H3,(H,29,32). The molecule has 1 saturated heterocycles. The highest BCUT2D eigenvalue weighted by atomic mass is 32.1. The maximum Gasteiger partial charge on any atom is 0.258 e. The zero-order valence-electron chi connectivity index (χ0n) is 18.5. The maximum absolute atomic E-state index is 14.0. The molecule has 1 N–H and O–H groups in total. The van der Waals surface area contributed by atoms with Crippen molar-refractivity contribution in [2.24, 2.45) is 0 Å². The summed E-state index contributed by atoms with van der Waals surface area (Å²) < 4.78 is 14.0. The van der Waals surface area contributed by atoms with E-state index in [1.54, 1.807) is 46.8 Å². The van der Waals surface area contributed by atoms with Crippen molar-refractivity contribution in [3.63, 3.8) is 0 Å². The Bertz CT molecular complexity index is 1380. The van der Waals surface area contributed by atoms with Gasteiger partial charge in [-0.15, -0.1) is 11.3 Å². The van der Waals surface area contributed by atoms with Crippen molar-refractivity contribution in [1.29, 1.82) is 0 Å². The maximum atomic E-state index is 14.0. The number of aromatic nitrogens is 2. The third kappa shape index (κ3) is 4.22. The van der Waals surface area contributed by atoms with Crippen LogP contribution in [0.1, 0.15) is 26.3 Å². The number of anilines is 2. The number of halogens is 1. The number of carbonyl (C=O) groups excluding carboxylic acids is 2. The summed E-state index contributed by atoms with van der Waals surface area (Å²) in [5.74, 6) is -0.355. The molecule has 0 radical (unpaired) electrons. The topological polar surface area (TPSA) is 78.4 Å². The summed E-state index contributed by atoms with van der Waals surface area (Å²) in [6.07, 6.45) is 1.58. The van der Waals surface area contributed by atoms with Crippen LogP contribution in [0.5, 0.6) is 0 Å². The highest BCUT2D eigenvalue weighted by Crippen LogP contribution is 2.28. The van der Waals surface area contributed by atoms with Crippen molar-refractivity contribution in [3.8, 4) is 0 Å². The number of nitrogens with one attached hydrogen (secondary N) is 1. The molecule has 1 fully saturated rings. The van der Waals surface area contributed by atoms with E-state index in [-0.39, 0.29) is 11.5 Å². The minimum Gasteiger partial charge on any atom is -0.352 e. The minimum atomic E-state index is -0.592. The summed E-state index contributed by atoms with van der Waals surface area (Å²) in [5.41, 5.74) is 1.71. The number of fused-ring (bicyclic) bond motifs is 1. The zero-order chi connectivity index (χ0) is 23.7. The van der Waals surface area contributed by atoms with E-state index in [0.29, 0.717) is 37.4 Å². The molecule has 4 aromatic rings. The van der Waals surface area contributed by atoms with Gasteiger partial charge in [-0.05, 0) is 48.2 Å². The van der Waals surface area contributed by atoms with E-state index < -0.39 is 11.7 Å². The predicted molar refractivity (Wildman–Crippen MR) is 131 cm³/mol. The van der Waals surface area contributed by atoms with Crippen LogP contribution in [0.15, 0.2) is 60.2 Å². The third-order valence-electron chi connectivity index (χ3n) is 5.96. The molecule has 7 nitrogen and oxygen atoms in total. The number of thiophene rings is 1. The Kier molecular flexibility index (Phi) is 5.93. The second-order valence-corrected chi connectivity index (χ2v) is 8.97. The van der Waals surface area contributed by atoms with Crippen LogP contribution >= 0.6 is 11.3 Å². The first-order valence-corrected chi connectivity index (χ1v) is 11.8. The molecule has 0 saturated carbocycles. The summed E-state index contributed by atoms with van der Waals surface area (Å²) in [6, 6.07) is 13.0. The summed E-state index contributed by atoms with van der Waals surface area (Å²) in [7, 11) is 0. The lowest BCUT2D eigenvalue weighted by atomic mass is 10.1. The van der Waals surface area contributed by atoms with Crippen molar-refractivity contribution in [1.82, 2.24) is 14.9 Å². The highest BCUT2D eigenvalue weighted by Gasteiger charge is 2.25. The molecule has 0 aliphatic carbocycles. The molecule has 0 unspecified atom stereocenters. The molecule has 172 valence electrons. The van der Waals surface area contributed by atoms with Gasteiger partial charge >= 0.3 is 0 Å². The van der Waals surface area contributed by atoms with E-state index in [1.165, 1.54) is 18.2 Å². The Labute approximate surface area is 199 Å². The lowest BCUT2D eigenvalue weighted by molar-refractivity contribution is 0.0746. The summed E-state index contributed by atoms with van der Waals surface area (Å²) in [5, 5.41) is 5.77. The Hall–Kier alpha value is -3.85. The van der Waals surface area contributed by atoms with Gasteiger partial charge in [-0.1, -0.05) is 18.2 Å². The molecule has 2 amide bonds. The van der Waals surface area contributed by atoms with Gasteiger partial charge in [-0.25, -0.2) is 14.4 Å². The average molecular weight is 476 g/mol. The van der Waals surface area contributed by atoms with Gasteiger partial charge in [0.2, 0.25) is 0 Å². The molecular formula is C25H22FN5O2S. The van der Waals surface area contributed by atoms with Crippen LogP contribution in [0.2, 0.25) is 0 Å². The average Bonchev–Trinajstić information content (AvgIpc) is 3.34. The largest absolute Gasteiger partial charge is 0.352 e. The van der Waals surface area contributed by atoms with E-state index in [0.717, 1.165) is 21.6 Å². The number of rotatable bonds is 4. The SMILES string of the molecule is Cc1ccc(C(=O)N2CCN(c3ncnc4sccc34)CC2)cc1NC(=O)c1ccccc1F. The normalized spacial score (nSPS) is 13.8. The quantitative estimate of drug-likeness (QED) is 0.475. The molecule has 1 aliphatic heterocycles. The summed E-state index contributed by atoms with van der Waals surface area (Å²) in [4.78, 5) is 39.4. The summed E-state index contributed by atoms with van der Waals surface area (Å²) in [6.45, 7) is 4.27. The molecule has 0 spiro atoms. The van der Waals surface area contributed by atoms with Gasteiger partial charge in [0.05, 0.1) is 10.9 Å². The lowest BCUT2D eigenvalue weighted by Crippen LogP contribution is -2.49. The Morgan fingerprint density at radius 2 is 1.82 bits per heavy atom.